The quantitative estimate of drug-likeness (QED) is 0.623. The molecule has 1 heterocycles. The van der Waals surface area contributed by atoms with E-state index in [1.165, 1.54) is 0 Å². The first-order chi connectivity index (χ1) is 5.33. The SMILES string of the molecule is CCOCCc1n[nH]c(=O)o1. The first-order valence-corrected chi connectivity index (χ1v) is 3.45. The molecule has 0 saturated carbocycles. The molecule has 0 spiro atoms. The molecule has 0 aromatic carbocycles. The van der Waals surface area contributed by atoms with Gasteiger partial charge in [0, 0.05) is 13.0 Å². The maximum Gasteiger partial charge on any atom is 0.434 e. The minimum atomic E-state index is -0.517. The Labute approximate surface area is 63.4 Å². The molecule has 5 heteroatoms. The second-order valence-electron chi connectivity index (χ2n) is 1.95. The Morgan fingerprint density at radius 3 is 3.09 bits per heavy atom. The first kappa shape index (κ1) is 8.00. The summed E-state index contributed by atoms with van der Waals surface area (Å²) >= 11 is 0. The van der Waals surface area contributed by atoms with Crippen LogP contribution in [0.3, 0.4) is 0 Å². The minimum Gasteiger partial charge on any atom is -0.392 e. The molecule has 0 bridgehead atoms. The number of H-pyrrole nitrogens is 1. The number of ether oxygens (including phenoxy) is 1. The molecule has 1 N–H and O–H groups in total. The summed E-state index contributed by atoms with van der Waals surface area (Å²) in [6, 6.07) is 0. The van der Waals surface area contributed by atoms with E-state index >= 15 is 0 Å². The normalized spacial score (nSPS) is 10.3. The van der Waals surface area contributed by atoms with Crippen molar-refractivity contribution in [3.05, 3.63) is 16.4 Å². The Morgan fingerprint density at radius 1 is 1.73 bits per heavy atom. The zero-order chi connectivity index (χ0) is 8.10. The van der Waals surface area contributed by atoms with E-state index in [0.29, 0.717) is 25.5 Å². The monoisotopic (exact) mass is 158 g/mol. The zero-order valence-corrected chi connectivity index (χ0v) is 6.29. The molecule has 0 fully saturated rings. The van der Waals surface area contributed by atoms with Crippen molar-refractivity contribution in [3.63, 3.8) is 0 Å². The van der Waals surface area contributed by atoms with Crippen LogP contribution >= 0.6 is 0 Å². The van der Waals surface area contributed by atoms with Gasteiger partial charge in [-0.25, -0.2) is 9.89 Å². The largest absolute Gasteiger partial charge is 0.434 e. The molecule has 0 amide bonds. The summed E-state index contributed by atoms with van der Waals surface area (Å²) < 4.78 is 9.66. The maximum atomic E-state index is 10.4. The lowest BCUT2D eigenvalue weighted by Gasteiger charge is -1.94. The van der Waals surface area contributed by atoms with Gasteiger partial charge in [-0.15, -0.1) is 5.10 Å². The number of rotatable bonds is 4. The van der Waals surface area contributed by atoms with Gasteiger partial charge < -0.3 is 9.15 Å². The summed E-state index contributed by atoms with van der Waals surface area (Å²) in [5.41, 5.74) is 0. The standard InChI is InChI=1S/C6H10N2O3/c1-2-10-4-3-5-7-8-6(9)11-5/h2-4H2,1H3,(H,8,9). The van der Waals surface area contributed by atoms with Crippen molar-refractivity contribution in [1.29, 1.82) is 0 Å². The van der Waals surface area contributed by atoms with Crippen molar-refractivity contribution in [2.45, 2.75) is 13.3 Å². The van der Waals surface area contributed by atoms with Gasteiger partial charge in [0.15, 0.2) is 0 Å². The van der Waals surface area contributed by atoms with Gasteiger partial charge in [0.1, 0.15) is 0 Å². The Hall–Kier alpha value is -1.10. The van der Waals surface area contributed by atoms with E-state index in [0.717, 1.165) is 0 Å². The summed E-state index contributed by atoms with van der Waals surface area (Å²) in [7, 11) is 0. The van der Waals surface area contributed by atoms with Gasteiger partial charge >= 0.3 is 5.76 Å². The fourth-order valence-electron chi connectivity index (χ4n) is 0.671. The van der Waals surface area contributed by atoms with Crippen molar-refractivity contribution >= 4 is 0 Å². The topological polar surface area (TPSA) is 68.1 Å². The van der Waals surface area contributed by atoms with E-state index in [9.17, 15) is 4.79 Å². The molecule has 5 nitrogen and oxygen atoms in total. The Morgan fingerprint density at radius 2 is 2.55 bits per heavy atom. The molecule has 0 radical (unpaired) electrons. The van der Waals surface area contributed by atoms with Crippen LogP contribution in [-0.2, 0) is 11.2 Å². The van der Waals surface area contributed by atoms with E-state index in [1.54, 1.807) is 0 Å². The summed E-state index contributed by atoms with van der Waals surface area (Å²) in [6.07, 6.45) is 0.534. The third-order valence-corrected chi connectivity index (χ3v) is 1.15. The highest BCUT2D eigenvalue weighted by atomic mass is 16.5. The minimum absolute atomic E-state index is 0.392. The lowest BCUT2D eigenvalue weighted by Crippen LogP contribution is -1.98. The van der Waals surface area contributed by atoms with E-state index in [1.807, 2.05) is 6.92 Å². The second kappa shape index (κ2) is 3.92. The highest BCUT2D eigenvalue weighted by Crippen LogP contribution is 1.89. The van der Waals surface area contributed by atoms with E-state index in [2.05, 4.69) is 14.6 Å². The Balaban J connectivity index is 2.33. The number of aromatic amines is 1. The first-order valence-electron chi connectivity index (χ1n) is 3.45. The van der Waals surface area contributed by atoms with Gasteiger partial charge in [0.05, 0.1) is 6.61 Å². The van der Waals surface area contributed by atoms with Gasteiger partial charge in [-0.3, -0.25) is 0 Å². The van der Waals surface area contributed by atoms with Crippen molar-refractivity contribution in [3.8, 4) is 0 Å². The lowest BCUT2D eigenvalue weighted by atomic mass is 10.5. The van der Waals surface area contributed by atoms with Crippen molar-refractivity contribution < 1.29 is 9.15 Å². The highest BCUT2D eigenvalue weighted by molar-refractivity contribution is 4.72. The lowest BCUT2D eigenvalue weighted by molar-refractivity contribution is 0.145. The zero-order valence-electron chi connectivity index (χ0n) is 6.29. The van der Waals surface area contributed by atoms with Crippen LogP contribution in [0.25, 0.3) is 0 Å². The fourth-order valence-corrected chi connectivity index (χ4v) is 0.671. The van der Waals surface area contributed by atoms with Crippen LogP contribution in [0.5, 0.6) is 0 Å². The van der Waals surface area contributed by atoms with Gasteiger partial charge in [-0.05, 0) is 6.92 Å². The molecule has 1 aromatic rings. The Bertz CT molecular complexity index is 252. The molecule has 0 unspecified atom stereocenters. The molecule has 0 atom stereocenters. The summed E-state index contributed by atoms with van der Waals surface area (Å²) in [4.78, 5) is 10.4. The molecule has 1 rings (SSSR count). The molecular weight excluding hydrogens is 148 g/mol. The van der Waals surface area contributed by atoms with Crippen molar-refractivity contribution in [2.75, 3.05) is 13.2 Å². The average Bonchev–Trinajstić information content (AvgIpc) is 2.37. The van der Waals surface area contributed by atoms with Crippen LogP contribution < -0.4 is 5.76 Å². The van der Waals surface area contributed by atoms with Crippen molar-refractivity contribution in [2.24, 2.45) is 0 Å². The smallest absolute Gasteiger partial charge is 0.392 e. The van der Waals surface area contributed by atoms with Gasteiger partial charge in [-0.2, -0.15) is 0 Å². The second-order valence-corrected chi connectivity index (χ2v) is 1.95. The third kappa shape index (κ3) is 2.55. The molecule has 0 aliphatic heterocycles. The summed E-state index contributed by atoms with van der Waals surface area (Å²) in [5.74, 6) is -0.125. The molecule has 62 valence electrons. The number of hydrogen-bond acceptors (Lipinski definition) is 4. The highest BCUT2D eigenvalue weighted by Gasteiger charge is 1.98. The molecule has 0 aliphatic carbocycles. The van der Waals surface area contributed by atoms with Crippen LogP contribution in [0, 0.1) is 0 Å². The maximum absolute atomic E-state index is 10.4. The van der Waals surface area contributed by atoms with E-state index in [4.69, 9.17) is 4.74 Å². The third-order valence-electron chi connectivity index (χ3n) is 1.15. The van der Waals surface area contributed by atoms with E-state index in [-0.39, 0.29) is 0 Å². The molecular formula is C6H10N2O3. The molecule has 0 aliphatic rings. The number of nitrogens with one attached hydrogen (secondary N) is 1. The van der Waals surface area contributed by atoms with Gasteiger partial charge in [-0.1, -0.05) is 0 Å². The predicted octanol–water partition coefficient (Wildman–Crippen LogP) is -0.0581. The van der Waals surface area contributed by atoms with Crippen LogP contribution in [-0.4, -0.2) is 23.4 Å². The molecule has 1 aromatic heterocycles. The number of hydrogen-bond donors (Lipinski definition) is 1. The van der Waals surface area contributed by atoms with Crippen molar-refractivity contribution in [1.82, 2.24) is 10.2 Å². The predicted molar refractivity (Wildman–Crippen MR) is 37.3 cm³/mol. The van der Waals surface area contributed by atoms with E-state index < -0.39 is 5.76 Å². The van der Waals surface area contributed by atoms with Gasteiger partial charge in [0.2, 0.25) is 5.89 Å². The molecule has 0 saturated heterocycles. The number of aromatic nitrogens is 2. The Kier molecular flexibility index (Phi) is 2.85. The fraction of sp³-hybridized carbons (Fsp3) is 0.667. The summed E-state index contributed by atoms with van der Waals surface area (Å²) in [6.45, 7) is 3.10. The summed E-state index contributed by atoms with van der Waals surface area (Å²) in [5, 5.41) is 5.77. The van der Waals surface area contributed by atoms with Crippen LogP contribution in [0.15, 0.2) is 9.21 Å². The van der Waals surface area contributed by atoms with Crippen LogP contribution in [0.4, 0.5) is 0 Å². The molecule has 11 heavy (non-hydrogen) atoms. The van der Waals surface area contributed by atoms with Crippen LogP contribution in [0.2, 0.25) is 0 Å². The average molecular weight is 158 g/mol. The number of nitrogens with zero attached hydrogens (tertiary/aromatic N) is 1. The van der Waals surface area contributed by atoms with Crippen LogP contribution in [0.1, 0.15) is 12.8 Å². The van der Waals surface area contributed by atoms with Gasteiger partial charge in [0.25, 0.3) is 0 Å².